The lowest BCUT2D eigenvalue weighted by Gasteiger charge is -2.16. The summed E-state index contributed by atoms with van der Waals surface area (Å²) in [6, 6.07) is 0. The SMILES string of the molecule is NCC1=CC(Cl)=C(OCC(F)F)CC1. The van der Waals surface area contributed by atoms with Gasteiger partial charge in [-0.15, -0.1) is 0 Å². The van der Waals surface area contributed by atoms with Crippen molar-refractivity contribution in [1.29, 1.82) is 0 Å². The van der Waals surface area contributed by atoms with Crippen LogP contribution in [-0.2, 0) is 4.74 Å². The van der Waals surface area contributed by atoms with Gasteiger partial charge in [0, 0.05) is 13.0 Å². The zero-order chi connectivity index (χ0) is 10.6. The maximum Gasteiger partial charge on any atom is 0.272 e. The summed E-state index contributed by atoms with van der Waals surface area (Å²) in [5, 5.41) is 0.386. The van der Waals surface area contributed by atoms with Crippen molar-refractivity contribution in [3.63, 3.8) is 0 Å². The van der Waals surface area contributed by atoms with Gasteiger partial charge in [-0.1, -0.05) is 17.2 Å². The van der Waals surface area contributed by atoms with Gasteiger partial charge >= 0.3 is 0 Å². The normalized spacial score (nSPS) is 17.4. The van der Waals surface area contributed by atoms with E-state index in [9.17, 15) is 8.78 Å². The van der Waals surface area contributed by atoms with E-state index >= 15 is 0 Å². The van der Waals surface area contributed by atoms with E-state index in [1.54, 1.807) is 6.08 Å². The molecule has 80 valence electrons. The van der Waals surface area contributed by atoms with Crippen LogP contribution in [0.5, 0.6) is 0 Å². The molecular weight excluding hydrogens is 212 g/mol. The first-order valence-electron chi connectivity index (χ1n) is 4.32. The van der Waals surface area contributed by atoms with Crippen LogP contribution in [0.25, 0.3) is 0 Å². The monoisotopic (exact) mass is 223 g/mol. The molecule has 0 heterocycles. The van der Waals surface area contributed by atoms with Gasteiger partial charge in [0.05, 0.1) is 5.03 Å². The molecule has 0 aromatic carbocycles. The summed E-state index contributed by atoms with van der Waals surface area (Å²) in [5.41, 5.74) is 6.44. The Bertz CT molecular complexity index is 264. The molecule has 0 radical (unpaired) electrons. The molecule has 0 aromatic heterocycles. The van der Waals surface area contributed by atoms with Crippen molar-refractivity contribution in [2.45, 2.75) is 19.3 Å². The topological polar surface area (TPSA) is 35.2 Å². The fourth-order valence-corrected chi connectivity index (χ4v) is 1.49. The molecule has 0 aliphatic heterocycles. The van der Waals surface area contributed by atoms with E-state index in [0.717, 1.165) is 12.0 Å². The van der Waals surface area contributed by atoms with E-state index in [2.05, 4.69) is 0 Å². The molecule has 14 heavy (non-hydrogen) atoms. The smallest absolute Gasteiger partial charge is 0.272 e. The predicted molar refractivity (Wildman–Crippen MR) is 51.2 cm³/mol. The minimum Gasteiger partial charge on any atom is -0.490 e. The molecule has 2 N–H and O–H groups in total. The molecule has 0 bridgehead atoms. The lowest BCUT2D eigenvalue weighted by Crippen LogP contribution is -2.10. The van der Waals surface area contributed by atoms with Crippen LogP contribution in [0.1, 0.15) is 12.8 Å². The Kier molecular flexibility index (Phi) is 4.35. The van der Waals surface area contributed by atoms with Gasteiger partial charge in [-0.3, -0.25) is 0 Å². The lowest BCUT2D eigenvalue weighted by atomic mass is 10.0. The number of allylic oxidation sites excluding steroid dienone is 3. The molecule has 0 amide bonds. The zero-order valence-corrected chi connectivity index (χ0v) is 8.36. The highest BCUT2D eigenvalue weighted by molar-refractivity contribution is 6.31. The minimum atomic E-state index is -2.47. The van der Waals surface area contributed by atoms with E-state index in [-0.39, 0.29) is 0 Å². The second-order valence-electron chi connectivity index (χ2n) is 2.98. The van der Waals surface area contributed by atoms with E-state index in [1.807, 2.05) is 0 Å². The quantitative estimate of drug-likeness (QED) is 0.794. The van der Waals surface area contributed by atoms with Crippen molar-refractivity contribution in [3.05, 3.63) is 22.4 Å². The van der Waals surface area contributed by atoms with Gasteiger partial charge < -0.3 is 10.5 Å². The molecule has 1 aliphatic carbocycles. The first-order valence-corrected chi connectivity index (χ1v) is 4.70. The van der Waals surface area contributed by atoms with Gasteiger partial charge in [-0.25, -0.2) is 8.78 Å². The van der Waals surface area contributed by atoms with Crippen molar-refractivity contribution in [2.24, 2.45) is 5.73 Å². The zero-order valence-electron chi connectivity index (χ0n) is 7.60. The average molecular weight is 224 g/mol. The number of hydrogen-bond donors (Lipinski definition) is 1. The van der Waals surface area contributed by atoms with E-state index in [4.69, 9.17) is 22.1 Å². The Labute approximate surface area is 86.4 Å². The summed E-state index contributed by atoms with van der Waals surface area (Å²) >= 11 is 5.82. The van der Waals surface area contributed by atoms with Gasteiger partial charge in [0.15, 0.2) is 0 Å². The Morgan fingerprint density at radius 2 is 2.21 bits per heavy atom. The Hall–Kier alpha value is -0.610. The molecule has 0 fully saturated rings. The van der Waals surface area contributed by atoms with Gasteiger partial charge in [0.1, 0.15) is 12.4 Å². The first-order chi connectivity index (χ1) is 6.63. The Morgan fingerprint density at radius 3 is 2.71 bits per heavy atom. The number of ether oxygens (including phenoxy) is 1. The number of halogens is 3. The van der Waals surface area contributed by atoms with Crippen LogP contribution in [0.3, 0.4) is 0 Å². The molecule has 1 aliphatic rings. The van der Waals surface area contributed by atoms with Crippen molar-refractivity contribution in [2.75, 3.05) is 13.2 Å². The molecule has 2 nitrogen and oxygen atoms in total. The fourth-order valence-electron chi connectivity index (χ4n) is 1.19. The highest BCUT2D eigenvalue weighted by Crippen LogP contribution is 2.26. The molecule has 0 spiro atoms. The third kappa shape index (κ3) is 3.27. The average Bonchev–Trinajstić information content (AvgIpc) is 2.15. The molecule has 0 aromatic rings. The second-order valence-corrected chi connectivity index (χ2v) is 3.39. The number of rotatable bonds is 4. The van der Waals surface area contributed by atoms with Crippen LogP contribution < -0.4 is 5.73 Å². The molecule has 0 unspecified atom stereocenters. The molecular formula is C9H12ClF2NO. The standard InChI is InChI=1S/C9H12ClF2NO/c10-7-3-6(4-13)1-2-8(7)14-5-9(11)12/h3,9H,1-2,4-5,13H2. The summed E-state index contributed by atoms with van der Waals surface area (Å²) in [4.78, 5) is 0. The van der Waals surface area contributed by atoms with E-state index in [0.29, 0.717) is 23.8 Å². The van der Waals surface area contributed by atoms with Crippen LogP contribution in [0, 0.1) is 0 Å². The predicted octanol–water partition coefficient (Wildman–Crippen LogP) is 2.40. The first kappa shape index (κ1) is 11.5. The van der Waals surface area contributed by atoms with Gasteiger partial charge in [-0.2, -0.15) is 0 Å². The number of hydrogen-bond acceptors (Lipinski definition) is 2. The largest absolute Gasteiger partial charge is 0.490 e. The minimum absolute atomic E-state index is 0.386. The van der Waals surface area contributed by atoms with Gasteiger partial charge in [-0.05, 0) is 12.5 Å². The number of nitrogens with two attached hydrogens (primary N) is 1. The van der Waals surface area contributed by atoms with Crippen LogP contribution in [-0.4, -0.2) is 19.6 Å². The summed E-state index contributed by atoms with van der Waals surface area (Å²) < 4.78 is 28.5. The van der Waals surface area contributed by atoms with Crippen LogP contribution >= 0.6 is 11.6 Å². The number of alkyl halides is 2. The Balaban J connectivity index is 2.56. The highest BCUT2D eigenvalue weighted by Gasteiger charge is 2.14. The summed E-state index contributed by atoms with van der Waals surface area (Å²) in [7, 11) is 0. The summed E-state index contributed by atoms with van der Waals surface area (Å²) in [5.74, 6) is 0.434. The summed E-state index contributed by atoms with van der Waals surface area (Å²) in [6.07, 6.45) is 0.498. The molecule has 0 saturated carbocycles. The molecule has 0 saturated heterocycles. The van der Waals surface area contributed by atoms with Crippen LogP contribution in [0.4, 0.5) is 8.78 Å². The fraction of sp³-hybridized carbons (Fsp3) is 0.556. The third-order valence-corrected chi connectivity index (χ3v) is 2.24. The van der Waals surface area contributed by atoms with Crippen molar-refractivity contribution in [1.82, 2.24) is 0 Å². The van der Waals surface area contributed by atoms with Crippen molar-refractivity contribution in [3.8, 4) is 0 Å². The summed E-state index contributed by atoms with van der Waals surface area (Å²) in [6.45, 7) is -0.157. The molecule has 1 rings (SSSR count). The maximum atomic E-state index is 11.8. The van der Waals surface area contributed by atoms with Gasteiger partial charge in [0.2, 0.25) is 0 Å². The molecule has 0 atom stereocenters. The van der Waals surface area contributed by atoms with Crippen molar-refractivity contribution >= 4 is 11.6 Å². The van der Waals surface area contributed by atoms with Crippen molar-refractivity contribution < 1.29 is 13.5 Å². The van der Waals surface area contributed by atoms with Crippen LogP contribution in [0.15, 0.2) is 22.4 Å². The van der Waals surface area contributed by atoms with E-state index in [1.165, 1.54) is 0 Å². The lowest BCUT2D eigenvalue weighted by molar-refractivity contribution is 0.0455. The van der Waals surface area contributed by atoms with E-state index < -0.39 is 13.0 Å². The van der Waals surface area contributed by atoms with Gasteiger partial charge in [0.25, 0.3) is 6.43 Å². The second kappa shape index (κ2) is 5.32. The Morgan fingerprint density at radius 1 is 1.50 bits per heavy atom. The van der Waals surface area contributed by atoms with Crippen LogP contribution in [0.2, 0.25) is 0 Å². The third-order valence-electron chi connectivity index (χ3n) is 1.92. The highest BCUT2D eigenvalue weighted by atomic mass is 35.5. The molecule has 5 heteroatoms. The maximum absolute atomic E-state index is 11.8.